The van der Waals surface area contributed by atoms with Crippen LogP contribution in [-0.4, -0.2) is 28.7 Å². The summed E-state index contributed by atoms with van der Waals surface area (Å²) in [4.78, 5) is 24.2. The highest BCUT2D eigenvalue weighted by Crippen LogP contribution is 2.26. The molecule has 4 aromatic rings. The molecule has 0 saturated carbocycles. The van der Waals surface area contributed by atoms with Crippen molar-refractivity contribution in [2.45, 2.75) is 6.92 Å². The van der Waals surface area contributed by atoms with Crippen LogP contribution in [0.5, 0.6) is 0 Å². The number of nitrogens with one attached hydrogen (secondary N) is 1. The molecule has 0 saturated heterocycles. The van der Waals surface area contributed by atoms with E-state index in [2.05, 4.69) is 15.5 Å². The highest BCUT2D eigenvalue weighted by Gasteiger charge is 2.14. The Morgan fingerprint density at radius 2 is 1.72 bits per heavy atom. The van der Waals surface area contributed by atoms with Gasteiger partial charge in [-0.1, -0.05) is 35.9 Å². The summed E-state index contributed by atoms with van der Waals surface area (Å²) in [7, 11) is 0. The van der Waals surface area contributed by atoms with Crippen molar-refractivity contribution < 1.29 is 18.7 Å². The molecule has 3 aromatic carbocycles. The molecule has 160 valence electrons. The van der Waals surface area contributed by atoms with Gasteiger partial charge >= 0.3 is 5.97 Å². The van der Waals surface area contributed by atoms with Gasteiger partial charge in [0, 0.05) is 21.8 Å². The van der Waals surface area contributed by atoms with Crippen LogP contribution in [0.4, 0.5) is 5.69 Å². The second-order valence-corrected chi connectivity index (χ2v) is 7.38. The molecule has 8 heteroatoms. The SMILES string of the molecule is Cc1ccccc1-c1nnc(-c2ccc(C(=O)OCC(=O)Nc3cccc(Cl)c3)cc2)o1. The Morgan fingerprint density at radius 3 is 2.47 bits per heavy atom. The van der Waals surface area contributed by atoms with Gasteiger partial charge in [-0.3, -0.25) is 4.79 Å². The van der Waals surface area contributed by atoms with Gasteiger partial charge in [-0.25, -0.2) is 4.79 Å². The number of anilines is 1. The maximum absolute atomic E-state index is 12.3. The van der Waals surface area contributed by atoms with E-state index in [-0.39, 0.29) is 0 Å². The molecule has 0 fully saturated rings. The van der Waals surface area contributed by atoms with Gasteiger partial charge in [0.1, 0.15) is 0 Å². The number of ether oxygens (including phenoxy) is 1. The van der Waals surface area contributed by atoms with E-state index in [0.29, 0.717) is 33.6 Å². The maximum atomic E-state index is 12.3. The number of nitrogens with zero attached hydrogens (tertiary/aromatic N) is 2. The highest BCUT2D eigenvalue weighted by molar-refractivity contribution is 6.30. The summed E-state index contributed by atoms with van der Waals surface area (Å²) in [5, 5.41) is 11.3. The molecule has 7 nitrogen and oxygen atoms in total. The molecule has 0 unspecified atom stereocenters. The van der Waals surface area contributed by atoms with Crippen molar-refractivity contribution >= 4 is 29.2 Å². The molecule has 1 heterocycles. The minimum atomic E-state index is -0.621. The first-order valence-electron chi connectivity index (χ1n) is 9.72. The van der Waals surface area contributed by atoms with E-state index in [1.165, 1.54) is 0 Å². The minimum Gasteiger partial charge on any atom is -0.452 e. The van der Waals surface area contributed by atoms with Crippen molar-refractivity contribution in [2.75, 3.05) is 11.9 Å². The lowest BCUT2D eigenvalue weighted by Crippen LogP contribution is -2.20. The molecular weight excluding hydrogens is 430 g/mol. The van der Waals surface area contributed by atoms with E-state index in [4.69, 9.17) is 20.8 Å². The molecule has 0 aliphatic heterocycles. The lowest BCUT2D eigenvalue weighted by Gasteiger charge is -2.07. The number of aryl methyl sites for hydroxylation is 1. The second-order valence-electron chi connectivity index (χ2n) is 6.94. The number of esters is 1. The molecule has 1 amide bonds. The van der Waals surface area contributed by atoms with Gasteiger partial charge in [-0.15, -0.1) is 10.2 Å². The van der Waals surface area contributed by atoms with Crippen LogP contribution in [0.2, 0.25) is 5.02 Å². The summed E-state index contributed by atoms with van der Waals surface area (Å²) >= 11 is 5.88. The smallest absolute Gasteiger partial charge is 0.338 e. The molecule has 4 rings (SSSR count). The van der Waals surface area contributed by atoms with E-state index in [0.717, 1.165) is 11.1 Å². The van der Waals surface area contributed by atoms with Crippen molar-refractivity contribution in [1.82, 2.24) is 10.2 Å². The van der Waals surface area contributed by atoms with E-state index in [1.807, 2.05) is 31.2 Å². The summed E-state index contributed by atoms with van der Waals surface area (Å²) in [5.41, 5.74) is 3.37. The number of amides is 1. The fourth-order valence-electron chi connectivity index (χ4n) is 2.99. The number of carbonyl (C=O) groups excluding carboxylic acids is 2. The van der Waals surface area contributed by atoms with Crippen LogP contribution >= 0.6 is 11.6 Å². The number of hydrogen-bond donors (Lipinski definition) is 1. The number of aromatic nitrogens is 2. The Labute approximate surface area is 189 Å². The van der Waals surface area contributed by atoms with Crippen LogP contribution in [0.25, 0.3) is 22.9 Å². The maximum Gasteiger partial charge on any atom is 0.338 e. The van der Waals surface area contributed by atoms with Crippen LogP contribution in [0.15, 0.2) is 77.2 Å². The first-order valence-corrected chi connectivity index (χ1v) is 10.1. The first-order chi connectivity index (χ1) is 15.5. The Kier molecular flexibility index (Phi) is 6.28. The van der Waals surface area contributed by atoms with Crippen LogP contribution in [-0.2, 0) is 9.53 Å². The predicted octanol–water partition coefficient (Wildman–Crippen LogP) is 5.16. The second kappa shape index (κ2) is 9.45. The summed E-state index contributed by atoms with van der Waals surface area (Å²) in [5.74, 6) is -0.327. The zero-order valence-corrected chi connectivity index (χ0v) is 17.8. The number of hydrogen-bond acceptors (Lipinski definition) is 6. The average Bonchev–Trinajstić information content (AvgIpc) is 3.28. The monoisotopic (exact) mass is 447 g/mol. The van der Waals surface area contributed by atoms with Crippen LogP contribution in [0, 0.1) is 6.92 Å². The average molecular weight is 448 g/mol. The molecule has 0 radical (unpaired) electrons. The zero-order chi connectivity index (χ0) is 22.5. The van der Waals surface area contributed by atoms with Gasteiger partial charge in [0.05, 0.1) is 5.56 Å². The summed E-state index contributed by atoms with van der Waals surface area (Å²) in [6.45, 7) is 1.55. The Balaban J connectivity index is 1.37. The van der Waals surface area contributed by atoms with Crippen LogP contribution in [0.1, 0.15) is 15.9 Å². The molecule has 1 aromatic heterocycles. The summed E-state index contributed by atoms with van der Waals surface area (Å²) < 4.78 is 10.9. The van der Waals surface area contributed by atoms with Crippen molar-refractivity contribution in [3.05, 3.63) is 88.9 Å². The van der Waals surface area contributed by atoms with Gasteiger partial charge in [0.2, 0.25) is 11.8 Å². The fourth-order valence-corrected chi connectivity index (χ4v) is 3.18. The van der Waals surface area contributed by atoms with Gasteiger partial charge in [-0.2, -0.15) is 0 Å². The van der Waals surface area contributed by atoms with Gasteiger partial charge in [0.25, 0.3) is 5.91 Å². The highest BCUT2D eigenvalue weighted by atomic mass is 35.5. The van der Waals surface area contributed by atoms with Crippen LogP contribution in [0.3, 0.4) is 0 Å². The summed E-state index contributed by atoms with van der Waals surface area (Å²) in [6.07, 6.45) is 0. The standard InChI is InChI=1S/C24H18ClN3O4/c1-15-5-2-3-8-20(15)23-28-27-22(32-23)16-9-11-17(12-10-16)24(30)31-14-21(29)26-19-7-4-6-18(25)13-19/h2-13H,14H2,1H3,(H,26,29). The van der Waals surface area contributed by atoms with Crippen molar-refractivity contribution in [1.29, 1.82) is 0 Å². The number of halogens is 1. The fraction of sp³-hybridized carbons (Fsp3) is 0.0833. The quantitative estimate of drug-likeness (QED) is 0.410. The number of rotatable bonds is 6. The predicted molar refractivity (Wildman–Crippen MR) is 120 cm³/mol. The van der Waals surface area contributed by atoms with E-state index in [9.17, 15) is 9.59 Å². The van der Waals surface area contributed by atoms with E-state index < -0.39 is 18.5 Å². The number of carbonyl (C=O) groups is 2. The lowest BCUT2D eigenvalue weighted by molar-refractivity contribution is -0.119. The summed E-state index contributed by atoms with van der Waals surface area (Å²) in [6, 6.07) is 20.9. The molecule has 0 spiro atoms. The Bertz CT molecular complexity index is 1270. The van der Waals surface area contributed by atoms with Crippen molar-refractivity contribution in [2.24, 2.45) is 0 Å². The van der Waals surface area contributed by atoms with Crippen molar-refractivity contribution in [3.63, 3.8) is 0 Å². The van der Waals surface area contributed by atoms with Crippen LogP contribution < -0.4 is 5.32 Å². The van der Waals surface area contributed by atoms with Gasteiger partial charge in [-0.05, 0) is 61.0 Å². The topological polar surface area (TPSA) is 94.3 Å². The minimum absolute atomic E-state index is 0.294. The number of benzene rings is 3. The normalized spacial score (nSPS) is 10.6. The molecule has 0 aliphatic carbocycles. The third kappa shape index (κ3) is 5.01. The third-order valence-corrected chi connectivity index (χ3v) is 4.85. The van der Waals surface area contributed by atoms with Gasteiger partial charge < -0.3 is 14.5 Å². The first kappa shape index (κ1) is 21.3. The molecular formula is C24H18ClN3O4. The molecule has 32 heavy (non-hydrogen) atoms. The molecule has 0 atom stereocenters. The molecule has 0 bridgehead atoms. The molecule has 1 N–H and O–H groups in total. The third-order valence-electron chi connectivity index (χ3n) is 4.61. The largest absolute Gasteiger partial charge is 0.452 e. The van der Waals surface area contributed by atoms with Crippen molar-refractivity contribution in [3.8, 4) is 22.9 Å². The van der Waals surface area contributed by atoms with E-state index >= 15 is 0 Å². The zero-order valence-electron chi connectivity index (χ0n) is 17.0. The Hall–Kier alpha value is -3.97. The lowest BCUT2D eigenvalue weighted by atomic mass is 10.1. The van der Waals surface area contributed by atoms with Gasteiger partial charge in [0.15, 0.2) is 6.61 Å². The van der Waals surface area contributed by atoms with E-state index in [1.54, 1.807) is 48.5 Å². The Morgan fingerprint density at radius 1 is 0.969 bits per heavy atom. The molecule has 0 aliphatic rings.